The maximum absolute atomic E-state index is 11.0. The first-order valence-electron chi connectivity index (χ1n) is 5.01. The zero-order valence-corrected chi connectivity index (χ0v) is 9.83. The van der Waals surface area contributed by atoms with E-state index in [1.807, 2.05) is 6.92 Å². The molecule has 2 atom stereocenters. The second-order valence-electron chi connectivity index (χ2n) is 3.47. The van der Waals surface area contributed by atoms with Crippen LogP contribution in [0.2, 0.25) is 0 Å². The minimum absolute atomic E-state index is 0.291. The third-order valence-electron chi connectivity index (χ3n) is 2.49. The predicted molar refractivity (Wildman–Crippen MR) is 56.0 cm³/mol. The Morgan fingerprint density at radius 2 is 2.33 bits per heavy atom. The molecule has 2 unspecified atom stereocenters. The van der Waals surface area contributed by atoms with Crippen LogP contribution in [-0.2, 0) is 14.9 Å². The van der Waals surface area contributed by atoms with Gasteiger partial charge >= 0.3 is 0 Å². The van der Waals surface area contributed by atoms with Crippen LogP contribution in [0.1, 0.15) is 13.8 Å². The van der Waals surface area contributed by atoms with Crippen molar-refractivity contribution < 1.29 is 17.7 Å². The highest BCUT2D eigenvalue weighted by Crippen LogP contribution is 2.13. The van der Waals surface area contributed by atoms with Crippen molar-refractivity contribution in [2.45, 2.75) is 25.4 Å². The van der Waals surface area contributed by atoms with E-state index in [-0.39, 0.29) is 6.23 Å². The fourth-order valence-corrected chi connectivity index (χ4v) is 2.21. The molecule has 90 valence electrons. The van der Waals surface area contributed by atoms with Gasteiger partial charge in [-0.25, -0.2) is 0 Å². The third-order valence-corrected chi connectivity index (χ3v) is 3.63. The van der Waals surface area contributed by atoms with Gasteiger partial charge < -0.3 is 10.1 Å². The first-order chi connectivity index (χ1) is 6.96. The van der Waals surface area contributed by atoms with E-state index in [4.69, 9.17) is 9.29 Å². The van der Waals surface area contributed by atoms with Crippen molar-refractivity contribution in [1.29, 1.82) is 0 Å². The number of ether oxygens (including phenoxy) is 1. The van der Waals surface area contributed by atoms with Gasteiger partial charge in [0.2, 0.25) is 0 Å². The Labute approximate surface area is 90.3 Å². The van der Waals surface area contributed by atoms with E-state index in [1.54, 1.807) is 4.90 Å². The van der Waals surface area contributed by atoms with E-state index in [0.29, 0.717) is 26.2 Å². The average molecular weight is 238 g/mol. The molecule has 0 radical (unpaired) electrons. The molecule has 1 aliphatic rings. The lowest BCUT2D eigenvalue weighted by atomic mass is 10.3. The predicted octanol–water partition coefficient (Wildman–Crippen LogP) is -0.512. The fraction of sp³-hybridized carbons (Fsp3) is 1.00. The summed E-state index contributed by atoms with van der Waals surface area (Å²) in [5.74, 6) is 0. The highest BCUT2D eigenvalue weighted by molar-refractivity contribution is 7.86. The summed E-state index contributed by atoms with van der Waals surface area (Å²) >= 11 is 0. The first-order valence-corrected chi connectivity index (χ1v) is 6.51. The number of piperazine rings is 1. The number of nitrogens with one attached hydrogen (secondary N) is 1. The maximum atomic E-state index is 11.0. The van der Waals surface area contributed by atoms with Gasteiger partial charge in [0.1, 0.15) is 11.6 Å². The lowest BCUT2D eigenvalue weighted by molar-refractivity contribution is -0.0711. The molecule has 6 nitrogen and oxygen atoms in total. The summed E-state index contributed by atoms with van der Waals surface area (Å²) in [7, 11) is -4.04. The highest BCUT2D eigenvalue weighted by Gasteiger charge is 2.33. The van der Waals surface area contributed by atoms with Crippen LogP contribution >= 0.6 is 0 Å². The van der Waals surface area contributed by atoms with Crippen LogP contribution in [0.3, 0.4) is 0 Å². The Morgan fingerprint density at radius 1 is 1.67 bits per heavy atom. The number of rotatable bonds is 4. The second kappa shape index (κ2) is 5.22. The van der Waals surface area contributed by atoms with Crippen LogP contribution in [0.25, 0.3) is 0 Å². The average Bonchev–Trinajstić information content (AvgIpc) is 2.17. The van der Waals surface area contributed by atoms with Crippen LogP contribution in [-0.4, -0.2) is 55.7 Å². The normalized spacial score (nSPS) is 26.5. The van der Waals surface area contributed by atoms with E-state index in [1.165, 1.54) is 6.92 Å². The molecule has 7 heteroatoms. The van der Waals surface area contributed by atoms with Crippen molar-refractivity contribution in [2.75, 3.05) is 26.2 Å². The van der Waals surface area contributed by atoms with Gasteiger partial charge in [0, 0.05) is 26.2 Å². The van der Waals surface area contributed by atoms with Crippen molar-refractivity contribution in [2.24, 2.45) is 0 Å². The van der Waals surface area contributed by atoms with Gasteiger partial charge in [0.25, 0.3) is 10.1 Å². The molecule has 0 spiro atoms. The number of hydrogen-bond donors (Lipinski definition) is 2. The fourth-order valence-electron chi connectivity index (χ4n) is 1.63. The summed E-state index contributed by atoms with van der Waals surface area (Å²) in [6.45, 7) is 5.65. The van der Waals surface area contributed by atoms with Gasteiger partial charge in [-0.1, -0.05) is 0 Å². The Hall–Kier alpha value is -0.210. The second-order valence-corrected chi connectivity index (χ2v) is 5.18. The topological polar surface area (TPSA) is 78.9 Å². The summed E-state index contributed by atoms with van der Waals surface area (Å²) in [5, 5.41) is 2.19. The van der Waals surface area contributed by atoms with Crippen molar-refractivity contribution in [3.8, 4) is 0 Å². The quantitative estimate of drug-likeness (QED) is 0.642. The molecule has 0 aliphatic carbocycles. The van der Waals surface area contributed by atoms with Crippen molar-refractivity contribution in [3.63, 3.8) is 0 Å². The Morgan fingerprint density at radius 3 is 2.87 bits per heavy atom. The minimum atomic E-state index is -4.04. The van der Waals surface area contributed by atoms with E-state index in [2.05, 4.69) is 5.32 Å². The van der Waals surface area contributed by atoms with Crippen molar-refractivity contribution in [1.82, 2.24) is 10.2 Å². The molecule has 15 heavy (non-hydrogen) atoms. The van der Waals surface area contributed by atoms with Gasteiger partial charge in [0.15, 0.2) is 0 Å². The Balaban J connectivity index is 2.71. The molecule has 0 aromatic heterocycles. The largest absolute Gasteiger partial charge is 0.362 e. The zero-order chi connectivity index (χ0) is 11.5. The van der Waals surface area contributed by atoms with Crippen LogP contribution < -0.4 is 5.32 Å². The van der Waals surface area contributed by atoms with Crippen molar-refractivity contribution in [3.05, 3.63) is 0 Å². The zero-order valence-electron chi connectivity index (χ0n) is 9.01. The molecule has 0 saturated carbocycles. The molecule has 0 aromatic carbocycles. The SMILES string of the molecule is CCOC1CNCCN1C(C)S(=O)(=O)O. The molecule has 2 N–H and O–H groups in total. The highest BCUT2D eigenvalue weighted by atomic mass is 32.2. The van der Waals surface area contributed by atoms with E-state index < -0.39 is 15.5 Å². The van der Waals surface area contributed by atoms with Crippen LogP contribution in [0.5, 0.6) is 0 Å². The molecule has 0 aromatic rings. The minimum Gasteiger partial charge on any atom is -0.362 e. The van der Waals surface area contributed by atoms with E-state index in [0.717, 1.165) is 0 Å². The van der Waals surface area contributed by atoms with Gasteiger partial charge in [0.05, 0.1) is 0 Å². The summed E-state index contributed by atoms with van der Waals surface area (Å²) in [6, 6.07) is 0. The summed E-state index contributed by atoms with van der Waals surface area (Å²) in [6.07, 6.45) is -0.291. The molecule has 1 fully saturated rings. The maximum Gasteiger partial charge on any atom is 0.281 e. The van der Waals surface area contributed by atoms with E-state index >= 15 is 0 Å². The van der Waals surface area contributed by atoms with Gasteiger partial charge in [-0.15, -0.1) is 0 Å². The van der Waals surface area contributed by atoms with E-state index in [9.17, 15) is 8.42 Å². The first kappa shape index (κ1) is 12.9. The molecule has 1 heterocycles. The molecule has 0 amide bonds. The molecule has 1 saturated heterocycles. The lowest BCUT2D eigenvalue weighted by Crippen LogP contribution is -2.57. The lowest BCUT2D eigenvalue weighted by Gasteiger charge is -2.38. The molecule has 0 bridgehead atoms. The van der Waals surface area contributed by atoms with Crippen LogP contribution in [0.4, 0.5) is 0 Å². The monoisotopic (exact) mass is 238 g/mol. The number of nitrogens with zero attached hydrogens (tertiary/aromatic N) is 1. The van der Waals surface area contributed by atoms with Crippen molar-refractivity contribution >= 4 is 10.1 Å². The Bertz CT molecular complexity index is 291. The van der Waals surface area contributed by atoms with Crippen LogP contribution in [0, 0.1) is 0 Å². The van der Waals surface area contributed by atoms with Gasteiger partial charge in [-0.2, -0.15) is 8.42 Å². The Kier molecular flexibility index (Phi) is 4.47. The molecular weight excluding hydrogens is 220 g/mol. The van der Waals surface area contributed by atoms with Gasteiger partial charge in [-0.3, -0.25) is 9.45 Å². The molecular formula is C8H18N2O4S. The molecule has 1 aliphatic heterocycles. The summed E-state index contributed by atoms with van der Waals surface area (Å²) in [4.78, 5) is 1.65. The number of hydrogen-bond acceptors (Lipinski definition) is 5. The third kappa shape index (κ3) is 3.39. The summed E-state index contributed by atoms with van der Waals surface area (Å²) in [5.41, 5.74) is 0. The standard InChI is InChI=1S/C8H18N2O4S/c1-3-14-8-6-9-4-5-10(8)7(2)15(11,12)13/h7-9H,3-6H2,1-2H3,(H,11,12,13). The smallest absolute Gasteiger partial charge is 0.281 e. The molecule has 1 rings (SSSR count). The summed E-state index contributed by atoms with van der Waals surface area (Å²) < 4.78 is 36.4. The van der Waals surface area contributed by atoms with Crippen LogP contribution in [0.15, 0.2) is 0 Å². The van der Waals surface area contributed by atoms with Gasteiger partial charge in [-0.05, 0) is 13.8 Å².